The van der Waals surface area contributed by atoms with Gasteiger partial charge in [-0.1, -0.05) is 12.1 Å². The van der Waals surface area contributed by atoms with Crippen LogP contribution < -0.4 is 4.90 Å². The molecule has 5 heteroatoms. The molecule has 1 atom stereocenters. The Hall–Kier alpha value is -2.53. The summed E-state index contributed by atoms with van der Waals surface area (Å²) in [7, 11) is 0. The second-order valence-corrected chi connectivity index (χ2v) is 6.70. The molecular formula is C20H23N5. The van der Waals surface area contributed by atoms with Gasteiger partial charge in [-0.2, -0.15) is 0 Å². The minimum absolute atomic E-state index is 0.375. The van der Waals surface area contributed by atoms with Crippen molar-refractivity contribution >= 4 is 16.9 Å². The first kappa shape index (κ1) is 16.0. The number of hydrogen-bond acceptors (Lipinski definition) is 5. The van der Waals surface area contributed by atoms with Crippen LogP contribution in [0.15, 0.2) is 48.9 Å². The number of hydrogen-bond donors (Lipinski definition) is 0. The molecule has 1 aliphatic heterocycles. The molecule has 1 saturated heterocycles. The van der Waals surface area contributed by atoms with Crippen LogP contribution in [-0.4, -0.2) is 46.0 Å². The first-order chi connectivity index (χ1) is 12.2. The zero-order chi connectivity index (χ0) is 17.2. The highest BCUT2D eigenvalue weighted by molar-refractivity contribution is 5.74. The highest BCUT2D eigenvalue weighted by Crippen LogP contribution is 2.25. The van der Waals surface area contributed by atoms with Gasteiger partial charge in [-0.3, -0.25) is 14.9 Å². The Morgan fingerprint density at radius 2 is 1.64 bits per heavy atom. The fourth-order valence-corrected chi connectivity index (χ4v) is 3.44. The molecule has 25 heavy (non-hydrogen) atoms. The molecule has 1 fully saturated rings. The molecule has 0 N–H and O–H groups in total. The third-order valence-electron chi connectivity index (χ3n) is 5.06. The number of benzene rings is 1. The predicted octanol–water partition coefficient (Wildman–Crippen LogP) is 3.22. The number of fused-ring (bicyclic) bond motifs is 1. The van der Waals surface area contributed by atoms with E-state index in [1.807, 2.05) is 6.20 Å². The summed E-state index contributed by atoms with van der Waals surface area (Å²) in [6, 6.07) is 11.0. The maximum Gasteiger partial charge on any atom is 0.128 e. The maximum atomic E-state index is 4.56. The van der Waals surface area contributed by atoms with E-state index >= 15 is 0 Å². The summed E-state index contributed by atoms with van der Waals surface area (Å²) in [5.74, 6) is 1.08. The lowest BCUT2D eigenvalue weighted by Gasteiger charge is -2.38. The van der Waals surface area contributed by atoms with Gasteiger partial charge in [0.15, 0.2) is 0 Å². The quantitative estimate of drug-likeness (QED) is 0.736. The molecule has 5 nitrogen and oxygen atoms in total. The molecule has 1 unspecified atom stereocenters. The minimum atomic E-state index is 0.375. The van der Waals surface area contributed by atoms with E-state index in [0.717, 1.165) is 43.0 Å². The van der Waals surface area contributed by atoms with Crippen molar-refractivity contribution in [2.45, 2.75) is 19.9 Å². The van der Waals surface area contributed by atoms with Gasteiger partial charge in [-0.25, -0.2) is 4.98 Å². The van der Waals surface area contributed by atoms with E-state index in [1.54, 1.807) is 12.4 Å². The average Bonchev–Trinajstić information content (AvgIpc) is 2.68. The second-order valence-electron chi connectivity index (χ2n) is 6.70. The fourth-order valence-electron chi connectivity index (χ4n) is 3.44. The molecule has 1 aliphatic rings. The van der Waals surface area contributed by atoms with E-state index in [0.29, 0.717) is 6.04 Å². The number of nitrogens with zero attached hydrogens (tertiary/aromatic N) is 5. The summed E-state index contributed by atoms with van der Waals surface area (Å²) in [6.07, 6.45) is 5.44. The smallest absolute Gasteiger partial charge is 0.128 e. The van der Waals surface area contributed by atoms with Crippen molar-refractivity contribution in [2.75, 3.05) is 31.1 Å². The number of piperazine rings is 1. The van der Waals surface area contributed by atoms with Gasteiger partial charge in [0, 0.05) is 50.8 Å². The van der Waals surface area contributed by atoms with E-state index < -0.39 is 0 Å². The molecule has 3 heterocycles. The number of rotatable bonds is 3. The SMILES string of the molecule is Cc1ccc(N2CCN(C(C)c3ccc4nccnc4c3)CC2)nc1. The highest BCUT2D eigenvalue weighted by Gasteiger charge is 2.23. The summed E-state index contributed by atoms with van der Waals surface area (Å²) >= 11 is 0. The Kier molecular flexibility index (Phi) is 4.32. The van der Waals surface area contributed by atoms with Crippen molar-refractivity contribution in [3.63, 3.8) is 0 Å². The lowest BCUT2D eigenvalue weighted by atomic mass is 10.0. The first-order valence-corrected chi connectivity index (χ1v) is 8.83. The van der Waals surface area contributed by atoms with Crippen LogP contribution in [0.5, 0.6) is 0 Å². The highest BCUT2D eigenvalue weighted by atomic mass is 15.3. The Balaban J connectivity index is 1.45. The Morgan fingerprint density at radius 3 is 2.36 bits per heavy atom. The first-order valence-electron chi connectivity index (χ1n) is 8.83. The normalized spacial score (nSPS) is 17.0. The molecule has 0 radical (unpaired) electrons. The average molecular weight is 333 g/mol. The van der Waals surface area contributed by atoms with E-state index in [2.05, 4.69) is 68.9 Å². The summed E-state index contributed by atoms with van der Waals surface area (Å²) in [5.41, 5.74) is 4.42. The van der Waals surface area contributed by atoms with Crippen LogP contribution in [-0.2, 0) is 0 Å². The number of pyridine rings is 1. The van der Waals surface area contributed by atoms with E-state index in [1.165, 1.54) is 11.1 Å². The molecule has 3 aromatic rings. The summed E-state index contributed by atoms with van der Waals surface area (Å²) in [5, 5.41) is 0. The summed E-state index contributed by atoms with van der Waals surface area (Å²) in [6.45, 7) is 8.44. The number of anilines is 1. The molecule has 0 aliphatic carbocycles. The molecule has 0 amide bonds. The Bertz CT molecular complexity index is 853. The number of aryl methyl sites for hydroxylation is 1. The van der Waals surface area contributed by atoms with Crippen LogP contribution in [0.4, 0.5) is 5.82 Å². The van der Waals surface area contributed by atoms with Gasteiger partial charge >= 0.3 is 0 Å². The Morgan fingerprint density at radius 1 is 0.880 bits per heavy atom. The van der Waals surface area contributed by atoms with Crippen LogP contribution in [0.3, 0.4) is 0 Å². The van der Waals surface area contributed by atoms with Crippen molar-refractivity contribution < 1.29 is 0 Å². The fraction of sp³-hybridized carbons (Fsp3) is 0.350. The summed E-state index contributed by atoms with van der Waals surface area (Å²) in [4.78, 5) is 18.2. The second kappa shape index (κ2) is 6.76. The Labute approximate surface area is 148 Å². The number of aromatic nitrogens is 3. The lowest BCUT2D eigenvalue weighted by molar-refractivity contribution is 0.198. The molecule has 128 valence electrons. The van der Waals surface area contributed by atoms with Crippen LogP contribution in [0, 0.1) is 6.92 Å². The van der Waals surface area contributed by atoms with E-state index in [9.17, 15) is 0 Å². The monoisotopic (exact) mass is 333 g/mol. The third kappa shape index (κ3) is 3.33. The van der Waals surface area contributed by atoms with Crippen molar-refractivity contribution in [2.24, 2.45) is 0 Å². The largest absolute Gasteiger partial charge is 0.354 e. The molecule has 0 spiro atoms. The predicted molar refractivity (Wildman–Crippen MR) is 101 cm³/mol. The topological polar surface area (TPSA) is 45.2 Å². The van der Waals surface area contributed by atoms with Crippen LogP contribution in [0.1, 0.15) is 24.1 Å². The molecule has 0 saturated carbocycles. The molecule has 0 bridgehead atoms. The lowest BCUT2D eigenvalue weighted by Crippen LogP contribution is -2.47. The van der Waals surface area contributed by atoms with Crippen LogP contribution >= 0.6 is 0 Å². The van der Waals surface area contributed by atoms with Gasteiger partial charge in [0.25, 0.3) is 0 Å². The molecule has 1 aromatic carbocycles. The maximum absolute atomic E-state index is 4.56. The molecule has 2 aromatic heterocycles. The standard InChI is InChI=1S/C20H23N5/c1-15-3-6-20(23-14-15)25-11-9-24(10-12-25)16(2)17-4-5-18-19(13-17)22-8-7-21-18/h3-8,13-14,16H,9-12H2,1-2H3. The van der Waals surface area contributed by atoms with Crippen molar-refractivity contribution in [3.05, 3.63) is 60.0 Å². The molecule has 4 rings (SSSR count). The zero-order valence-electron chi connectivity index (χ0n) is 14.8. The third-order valence-corrected chi connectivity index (χ3v) is 5.06. The van der Waals surface area contributed by atoms with Gasteiger partial charge in [0.2, 0.25) is 0 Å². The molecular weight excluding hydrogens is 310 g/mol. The van der Waals surface area contributed by atoms with Gasteiger partial charge in [-0.15, -0.1) is 0 Å². The summed E-state index contributed by atoms with van der Waals surface area (Å²) < 4.78 is 0. The van der Waals surface area contributed by atoms with Crippen molar-refractivity contribution in [1.29, 1.82) is 0 Å². The van der Waals surface area contributed by atoms with Gasteiger partial charge in [0.05, 0.1) is 11.0 Å². The zero-order valence-corrected chi connectivity index (χ0v) is 14.8. The van der Waals surface area contributed by atoms with E-state index in [-0.39, 0.29) is 0 Å². The van der Waals surface area contributed by atoms with Gasteiger partial charge in [-0.05, 0) is 43.2 Å². The van der Waals surface area contributed by atoms with Crippen molar-refractivity contribution in [3.8, 4) is 0 Å². The van der Waals surface area contributed by atoms with Gasteiger partial charge < -0.3 is 4.90 Å². The van der Waals surface area contributed by atoms with Crippen molar-refractivity contribution in [1.82, 2.24) is 19.9 Å². The van der Waals surface area contributed by atoms with Crippen LogP contribution in [0.25, 0.3) is 11.0 Å². The minimum Gasteiger partial charge on any atom is -0.354 e. The van der Waals surface area contributed by atoms with E-state index in [4.69, 9.17) is 0 Å². The van der Waals surface area contributed by atoms with Gasteiger partial charge in [0.1, 0.15) is 5.82 Å². The van der Waals surface area contributed by atoms with Crippen LogP contribution in [0.2, 0.25) is 0 Å².